The number of allylic oxidation sites excluding steroid dienone is 1. The smallest absolute Gasteiger partial charge is 0.255 e. The maximum atomic E-state index is 13.4. The second-order valence-corrected chi connectivity index (χ2v) is 7.35. The van der Waals surface area contributed by atoms with Gasteiger partial charge in [-0.1, -0.05) is 24.3 Å². The summed E-state index contributed by atoms with van der Waals surface area (Å²) in [6, 6.07) is 20.2. The molecule has 1 amide bonds. The van der Waals surface area contributed by atoms with E-state index in [2.05, 4.69) is 25.7 Å². The number of amides is 1. The SMILES string of the molecule is CC1=C(C(=O)Nc2ccccc2)C(c2ccccn2)n2nc(-c3ccc(F)cc3)nc2N1. The summed E-state index contributed by atoms with van der Waals surface area (Å²) in [6.45, 7) is 1.82. The van der Waals surface area contributed by atoms with Crippen LogP contribution in [0.1, 0.15) is 18.7 Å². The van der Waals surface area contributed by atoms with Gasteiger partial charge in [0.1, 0.15) is 11.9 Å². The van der Waals surface area contributed by atoms with Crippen molar-refractivity contribution in [2.24, 2.45) is 0 Å². The van der Waals surface area contributed by atoms with Crippen LogP contribution in [0, 0.1) is 5.82 Å². The van der Waals surface area contributed by atoms with Gasteiger partial charge in [0.2, 0.25) is 5.95 Å². The Hall–Kier alpha value is -4.33. The largest absolute Gasteiger partial charge is 0.328 e. The quantitative estimate of drug-likeness (QED) is 0.505. The third-order valence-electron chi connectivity index (χ3n) is 5.20. The van der Waals surface area contributed by atoms with Crippen LogP contribution in [0.15, 0.2) is 90.3 Å². The lowest BCUT2D eigenvalue weighted by Gasteiger charge is -2.28. The molecule has 0 fully saturated rings. The number of anilines is 2. The molecule has 4 aromatic rings. The Morgan fingerprint density at radius 2 is 1.78 bits per heavy atom. The van der Waals surface area contributed by atoms with Crippen LogP contribution in [0.5, 0.6) is 0 Å². The van der Waals surface area contributed by atoms with Crippen molar-refractivity contribution in [2.45, 2.75) is 13.0 Å². The van der Waals surface area contributed by atoms with Crippen molar-refractivity contribution in [3.05, 3.63) is 102 Å². The van der Waals surface area contributed by atoms with Gasteiger partial charge in [-0.15, -0.1) is 5.10 Å². The molecule has 2 N–H and O–H groups in total. The number of hydrogen-bond donors (Lipinski definition) is 2. The Morgan fingerprint density at radius 1 is 1.03 bits per heavy atom. The number of carbonyl (C=O) groups is 1. The average Bonchev–Trinajstić information content (AvgIpc) is 3.23. The summed E-state index contributed by atoms with van der Waals surface area (Å²) in [5.74, 6) is 0.306. The van der Waals surface area contributed by atoms with E-state index in [1.165, 1.54) is 12.1 Å². The molecule has 2 aromatic carbocycles. The maximum absolute atomic E-state index is 13.4. The third-order valence-corrected chi connectivity index (χ3v) is 5.20. The molecule has 0 bridgehead atoms. The summed E-state index contributed by atoms with van der Waals surface area (Å²) in [6.07, 6.45) is 1.68. The normalized spacial score (nSPS) is 15.1. The number of aromatic nitrogens is 4. The van der Waals surface area contributed by atoms with Crippen molar-refractivity contribution in [2.75, 3.05) is 10.6 Å². The average molecular weight is 426 g/mol. The summed E-state index contributed by atoms with van der Waals surface area (Å²) in [4.78, 5) is 22.4. The van der Waals surface area contributed by atoms with Gasteiger partial charge in [-0.25, -0.2) is 9.07 Å². The number of para-hydroxylation sites is 1. The fourth-order valence-electron chi connectivity index (χ4n) is 3.70. The highest BCUT2D eigenvalue weighted by Gasteiger charge is 2.35. The zero-order valence-electron chi connectivity index (χ0n) is 17.2. The first-order valence-electron chi connectivity index (χ1n) is 10.1. The van der Waals surface area contributed by atoms with Crippen LogP contribution in [0.3, 0.4) is 0 Å². The second kappa shape index (κ2) is 8.07. The number of hydrogen-bond acceptors (Lipinski definition) is 5. The van der Waals surface area contributed by atoms with Gasteiger partial charge in [-0.2, -0.15) is 4.98 Å². The van der Waals surface area contributed by atoms with Crippen molar-refractivity contribution in [1.82, 2.24) is 19.7 Å². The third kappa shape index (κ3) is 3.62. The minimum atomic E-state index is -0.585. The lowest BCUT2D eigenvalue weighted by Crippen LogP contribution is -2.32. The zero-order valence-corrected chi connectivity index (χ0v) is 17.2. The molecule has 7 nitrogen and oxygen atoms in total. The summed E-state index contributed by atoms with van der Waals surface area (Å²) < 4.78 is 15.0. The monoisotopic (exact) mass is 426 g/mol. The second-order valence-electron chi connectivity index (χ2n) is 7.35. The molecule has 32 heavy (non-hydrogen) atoms. The summed E-state index contributed by atoms with van der Waals surface area (Å²) >= 11 is 0. The van der Waals surface area contributed by atoms with Crippen LogP contribution in [0.25, 0.3) is 11.4 Å². The number of carbonyl (C=O) groups excluding carboxylic acids is 1. The van der Waals surface area contributed by atoms with Crippen molar-refractivity contribution < 1.29 is 9.18 Å². The van der Waals surface area contributed by atoms with Gasteiger partial charge >= 0.3 is 0 Å². The summed E-state index contributed by atoms with van der Waals surface area (Å²) in [7, 11) is 0. The number of nitrogens with zero attached hydrogens (tertiary/aromatic N) is 4. The Kier molecular flexibility index (Phi) is 4.95. The highest BCUT2D eigenvalue weighted by atomic mass is 19.1. The van der Waals surface area contributed by atoms with Gasteiger partial charge in [0, 0.05) is 23.1 Å². The summed E-state index contributed by atoms with van der Waals surface area (Å²) in [5, 5.41) is 10.8. The number of halogens is 1. The van der Waals surface area contributed by atoms with Crippen LogP contribution < -0.4 is 10.6 Å². The molecule has 0 aliphatic carbocycles. The lowest BCUT2D eigenvalue weighted by molar-refractivity contribution is -0.113. The van der Waals surface area contributed by atoms with Gasteiger partial charge in [-0.05, 0) is 55.5 Å². The molecule has 158 valence electrons. The first-order chi connectivity index (χ1) is 15.6. The number of pyridine rings is 1. The maximum Gasteiger partial charge on any atom is 0.255 e. The van der Waals surface area contributed by atoms with E-state index in [-0.39, 0.29) is 11.7 Å². The Morgan fingerprint density at radius 3 is 2.50 bits per heavy atom. The molecule has 0 radical (unpaired) electrons. The van der Waals surface area contributed by atoms with E-state index in [0.29, 0.717) is 40.0 Å². The van der Waals surface area contributed by atoms with E-state index >= 15 is 0 Å². The van der Waals surface area contributed by atoms with Gasteiger partial charge in [-0.3, -0.25) is 9.78 Å². The fourth-order valence-corrected chi connectivity index (χ4v) is 3.70. The van der Waals surface area contributed by atoms with Gasteiger partial charge in [0.05, 0.1) is 11.3 Å². The molecular weight excluding hydrogens is 407 g/mol. The van der Waals surface area contributed by atoms with Gasteiger partial charge in [0.15, 0.2) is 5.82 Å². The summed E-state index contributed by atoms with van der Waals surface area (Å²) in [5.41, 5.74) is 3.15. The van der Waals surface area contributed by atoms with Crippen LogP contribution in [0.4, 0.5) is 16.0 Å². The Balaban J connectivity index is 1.59. The number of fused-ring (bicyclic) bond motifs is 1. The van der Waals surface area contributed by atoms with Crippen LogP contribution >= 0.6 is 0 Å². The Labute approximate surface area is 183 Å². The number of benzene rings is 2. The van der Waals surface area contributed by atoms with Crippen molar-refractivity contribution >= 4 is 17.5 Å². The predicted molar refractivity (Wildman–Crippen MR) is 119 cm³/mol. The predicted octanol–water partition coefficient (Wildman–Crippen LogP) is 4.41. The molecule has 1 aliphatic rings. The first-order valence-corrected chi connectivity index (χ1v) is 10.1. The number of rotatable bonds is 4. The molecule has 2 aromatic heterocycles. The van der Waals surface area contributed by atoms with Gasteiger partial charge in [0.25, 0.3) is 5.91 Å². The standard InChI is InChI=1S/C24H19FN6O/c1-15-20(23(32)28-18-7-3-2-4-8-18)21(19-9-5-6-14-26-19)31-24(27-15)29-22(30-31)16-10-12-17(25)13-11-16/h2-14,21H,1H3,(H,28,32)(H,27,29,30). The van der Waals surface area contributed by atoms with E-state index in [9.17, 15) is 9.18 Å². The van der Waals surface area contributed by atoms with E-state index in [0.717, 1.165) is 0 Å². The highest BCUT2D eigenvalue weighted by Crippen LogP contribution is 2.36. The van der Waals surface area contributed by atoms with Crippen molar-refractivity contribution in [3.8, 4) is 11.4 Å². The van der Waals surface area contributed by atoms with Crippen molar-refractivity contribution in [3.63, 3.8) is 0 Å². The highest BCUT2D eigenvalue weighted by molar-refractivity contribution is 6.05. The number of nitrogens with one attached hydrogen (secondary N) is 2. The topological polar surface area (TPSA) is 84.7 Å². The Bertz CT molecular complexity index is 1300. The molecule has 0 saturated heterocycles. The lowest BCUT2D eigenvalue weighted by atomic mass is 9.98. The zero-order chi connectivity index (χ0) is 22.1. The minimum Gasteiger partial charge on any atom is -0.328 e. The van der Waals surface area contributed by atoms with E-state index in [4.69, 9.17) is 0 Å². The van der Waals surface area contributed by atoms with E-state index in [1.54, 1.807) is 23.0 Å². The molecular formula is C24H19FN6O. The van der Waals surface area contributed by atoms with Crippen LogP contribution in [0.2, 0.25) is 0 Å². The minimum absolute atomic E-state index is 0.263. The molecule has 5 rings (SSSR count). The molecule has 3 heterocycles. The van der Waals surface area contributed by atoms with Crippen LogP contribution in [-0.4, -0.2) is 25.7 Å². The van der Waals surface area contributed by atoms with Crippen molar-refractivity contribution in [1.29, 1.82) is 0 Å². The van der Waals surface area contributed by atoms with Gasteiger partial charge < -0.3 is 10.6 Å². The fraction of sp³-hybridized carbons (Fsp3) is 0.0833. The van der Waals surface area contributed by atoms with E-state index < -0.39 is 6.04 Å². The van der Waals surface area contributed by atoms with E-state index in [1.807, 2.05) is 55.5 Å². The molecule has 1 unspecified atom stereocenters. The molecule has 1 aliphatic heterocycles. The van der Waals surface area contributed by atoms with Crippen LogP contribution in [-0.2, 0) is 4.79 Å². The molecule has 8 heteroatoms. The molecule has 0 saturated carbocycles. The molecule has 1 atom stereocenters. The first kappa shape index (κ1) is 19.6. The molecule has 0 spiro atoms.